The SMILES string of the molecule is C[C@@H]1CN(c2ccc(C#N)c3ncccc23)C[C@@H]2CN(CCc3ccc(N4CC5(CN(C)C5)C4)nc3)CCN21. The number of anilines is 2. The molecule has 0 saturated carbocycles. The van der Waals surface area contributed by atoms with Crippen molar-refractivity contribution >= 4 is 22.4 Å². The number of aromatic nitrogens is 2. The first-order valence-corrected chi connectivity index (χ1v) is 14.4. The molecule has 1 aromatic carbocycles. The number of fused-ring (bicyclic) bond motifs is 2. The van der Waals surface area contributed by atoms with Crippen LogP contribution in [0, 0.1) is 16.7 Å². The molecule has 4 aliphatic rings. The second-order valence-electron chi connectivity index (χ2n) is 12.4. The lowest BCUT2D eigenvalue weighted by Gasteiger charge is -2.59. The van der Waals surface area contributed by atoms with Crippen LogP contribution in [0.25, 0.3) is 10.9 Å². The summed E-state index contributed by atoms with van der Waals surface area (Å²) in [6, 6.07) is 15.9. The van der Waals surface area contributed by atoms with Gasteiger partial charge in [0, 0.05) is 106 Å². The molecular formula is C31H38N8. The first-order chi connectivity index (χ1) is 19.0. The summed E-state index contributed by atoms with van der Waals surface area (Å²) in [5.74, 6) is 1.13. The van der Waals surface area contributed by atoms with E-state index >= 15 is 0 Å². The highest BCUT2D eigenvalue weighted by Crippen LogP contribution is 2.40. The fourth-order valence-electron chi connectivity index (χ4n) is 7.62. The molecule has 202 valence electrons. The zero-order chi connectivity index (χ0) is 26.6. The monoisotopic (exact) mass is 522 g/mol. The summed E-state index contributed by atoms with van der Waals surface area (Å²) in [5, 5.41) is 10.6. The van der Waals surface area contributed by atoms with Crippen LogP contribution in [0.2, 0.25) is 0 Å². The number of pyridine rings is 2. The summed E-state index contributed by atoms with van der Waals surface area (Å²) >= 11 is 0. The summed E-state index contributed by atoms with van der Waals surface area (Å²) in [5.41, 5.74) is 4.52. The first kappa shape index (κ1) is 24.8. The largest absolute Gasteiger partial charge is 0.368 e. The molecule has 4 saturated heterocycles. The predicted octanol–water partition coefficient (Wildman–Crippen LogP) is 2.69. The topological polar surface area (TPSA) is 65.8 Å². The Morgan fingerprint density at radius 3 is 2.62 bits per heavy atom. The van der Waals surface area contributed by atoms with Crippen molar-refractivity contribution in [2.75, 3.05) is 82.3 Å². The Hall–Kier alpha value is -3.25. The van der Waals surface area contributed by atoms with E-state index in [0.29, 0.717) is 23.1 Å². The maximum atomic E-state index is 9.56. The third-order valence-corrected chi connectivity index (χ3v) is 9.42. The van der Waals surface area contributed by atoms with Crippen molar-refractivity contribution in [3.8, 4) is 6.07 Å². The van der Waals surface area contributed by atoms with Crippen LogP contribution in [0.3, 0.4) is 0 Å². The van der Waals surface area contributed by atoms with Gasteiger partial charge >= 0.3 is 0 Å². The van der Waals surface area contributed by atoms with Crippen LogP contribution in [-0.2, 0) is 6.42 Å². The number of nitriles is 1. The van der Waals surface area contributed by atoms with Crippen LogP contribution in [0.5, 0.6) is 0 Å². The predicted molar refractivity (Wildman–Crippen MR) is 155 cm³/mol. The number of hydrogen-bond acceptors (Lipinski definition) is 8. The molecule has 3 aromatic rings. The fourth-order valence-corrected chi connectivity index (χ4v) is 7.62. The normalized spacial score (nSPS) is 25.3. The van der Waals surface area contributed by atoms with Crippen LogP contribution in [-0.4, -0.2) is 109 Å². The minimum atomic E-state index is 0.492. The molecule has 8 heteroatoms. The number of piperazine rings is 2. The summed E-state index contributed by atoms with van der Waals surface area (Å²) < 4.78 is 0. The summed E-state index contributed by atoms with van der Waals surface area (Å²) in [6.07, 6.45) is 4.92. The Morgan fingerprint density at radius 1 is 0.974 bits per heavy atom. The molecule has 0 aliphatic carbocycles. The van der Waals surface area contributed by atoms with Crippen LogP contribution >= 0.6 is 0 Å². The Balaban J connectivity index is 0.975. The van der Waals surface area contributed by atoms with E-state index in [1.165, 1.54) is 24.3 Å². The van der Waals surface area contributed by atoms with Crippen molar-refractivity contribution in [3.63, 3.8) is 0 Å². The van der Waals surface area contributed by atoms with Gasteiger partial charge in [0.15, 0.2) is 0 Å². The van der Waals surface area contributed by atoms with Crippen molar-refractivity contribution in [2.24, 2.45) is 5.41 Å². The molecule has 0 unspecified atom stereocenters. The smallest absolute Gasteiger partial charge is 0.128 e. The molecule has 0 amide bonds. The molecule has 2 atom stereocenters. The van der Waals surface area contributed by atoms with E-state index in [2.05, 4.69) is 80.0 Å². The van der Waals surface area contributed by atoms with Crippen molar-refractivity contribution in [2.45, 2.75) is 25.4 Å². The number of benzene rings is 1. The van der Waals surface area contributed by atoms with Gasteiger partial charge in [-0.2, -0.15) is 5.26 Å². The molecule has 39 heavy (non-hydrogen) atoms. The Morgan fingerprint density at radius 2 is 1.85 bits per heavy atom. The van der Waals surface area contributed by atoms with E-state index < -0.39 is 0 Å². The summed E-state index contributed by atoms with van der Waals surface area (Å²) in [6.45, 7) is 13.5. The third kappa shape index (κ3) is 4.53. The van der Waals surface area contributed by atoms with Crippen LogP contribution < -0.4 is 9.80 Å². The van der Waals surface area contributed by atoms with Crippen LogP contribution in [0.15, 0.2) is 48.8 Å². The van der Waals surface area contributed by atoms with E-state index in [1.807, 2.05) is 12.1 Å². The van der Waals surface area contributed by atoms with Gasteiger partial charge in [0.1, 0.15) is 11.9 Å². The van der Waals surface area contributed by atoms with E-state index in [-0.39, 0.29) is 0 Å². The van der Waals surface area contributed by atoms with Gasteiger partial charge in [0.25, 0.3) is 0 Å². The van der Waals surface area contributed by atoms with Crippen LogP contribution in [0.1, 0.15) is 18.1 Å². The molecule has 1 spiro atoms. The first-order valence-electron chi connectivity index (χ1n) is 14.4. The Kier molecular flexibility index (Phi) is 6.19. The minimum Gasteiger partial charge on any atom is -0.368 e. The molecule has 0 N–H and O–H groups in total. The molecule has 8 nitrogen and oxygen atoms in total. The lowest BCUT2D eigenvalue weighted by molar-refractivity contribution is -0.00280. The van der Waals surface area contributed by atoms with Crippen molar-refractivity contribution in [3.05, 3.63) is 59.9 Å². The molecular weight excluding hydrogens is 484 g/mol. The van der Waals surface area contributed by atoms with Crippen molar-refractivity contribution in [1.82, 2.24) is 24.7 Å². The van der Waals surface area contributed by atoms with Gasteiger partial charge in [-0.15, -0.1) is 0 Å². The summed E-state index contributed by atoms with van der Waals surface area (Å²) in [7, 11) is 2.21. The summed E-state index contributed by atoms with van der Waals surface area (Å²) in [4.78, 5) is 22.0. The average molecular weight is 523 g/mol. The molecule has 0 bridgehead atoms. The van der Waals surface area contributed by atoms with Gasteiger partial charge in [0.05, 0.1) is 11.1 Å². The highest BCUT2D eigenvalue weighted by molar-refractivity contribution is 5.95. The zero-order valence-corrected chi connectivity index (χ0v) is 23.1. The van der Waals surface area contributed by atoms with E-state index in [9.17, 15) is 5.26 Å². The maximum absolute atomic E-state index is 9.56. The van der Waals surface area contributed by atoms with E-state index in [1.54, 1.807) is 6.20 Å². The fraction of sp³-hybridized carbons (Fsp3) is 0.516. The molecule has 0 radical (unpaired) electrons. The highest BCUT2D eigenvalue weighted by Gasteiger charge is 2.50. The Labute approximate surface area is 231 Å². The zero-order valence-electron chi connectivity index (χ0n) is 23.1. The second kappa shape index (κ2) is 9.74. The second-order valence-corrected chi connectivity index (χ2v) is 12.4. The minimum absolute atomic E-state index is 0.492. The van der Waals surface area contributed by atoms with Gasteiger partial charge in [0.2, 0.25) is 0 Å². The van der Waals surface area contributed by atoms with Crippen molar-refractivity contribution < 1.29 is 0 Å². The van der Waals surface area contributed by atoms with Crippen LogP contribution in [0.4, 0.5) is 11.5 Å². The quantitative estimate of drug-likeness (QED) is 0.507. The van der Waals surface area contributed by atoms with E-state index in [4.69, 9.17) is 4.98 Å². The van der Waals surface area contributed by atoms with Gasteiger partial charge in [-0.3, -0.25) is 9.88 Å². The number of hydrogen-bond donors (Lipinski definition) is 0. The molecule has 4 aliphatic heterocycles. The lowest BCUT2D eigenvalue weighted by Crippen LogP contribution is -2.71. The third-order valence-electron chi connectivity index (χ3n) is 9.42. The van der Waals surface area contributed by atoms with E-state index in [0.717, 1.165) is 75.5 Å². The number of nitrogens with zero attached hydrogens (tertiary/aromatic N) is 8. The van der Waals surface area contributed by atoms with Gasteiger partial charge in [-0.25, -0.2) is 4.98 Å². The maximum Gasteiger partial charge on any atom is 0.128 e. The highest BCUT2D eigenvalue weighted by atomic mass is 15.4. The molecule has 6 heterocycles. The van der Waals surface area contributed by atoms with Gasteiger partial charge in [-0.05, 0) is 56.3 Å². The lowest BCUT2D eigenvalue weighted by atomic mass is 9.73. The van der Waals surface area contributed by atoms with Gasteiger partial charge < -0.3 is 19.6 Å². The van der Waals surface area contributed by atoms with Gasteiger partial charge in [-0.1, -0.05) is 6.07 Å². The molecule has 2 aromatic heterocycles. The molecule has 7 rings (SSSR count). The molecule has 4 fully saturated rings. The Bertz CT molecular complexity index is 1380. The standard InChI is InChI=1S/C31H38N8/c1-23-16-37(28-7-6-25(14-32)30-27(28)4-3-10-33-30)18-26-17-36(12-13-39(23)26)11-9-24-5-8-29(34-15-24)38-21-31(22-38)19-35(2)20-31/h3-8,10,15,23,26H,9,11-13,16-22H2,1-2H3/t23-,26+/m1/s1. The number of likely N-dealkylation sites (tertiary alicyclic amines) is 1. The van der Waals surface area contributed by atoms with Crippen molar-refractivity contribution in [1.29, 1.82) is 5.26 Å². The number of rotatable bonds is 5. The average Bonchev–Trinajstić information content (AvgIpc) is 2.92.